The Kier molecular flexibility index (Phi) is 4.04. The van der Waals surface area contributed by atoms with Crippen LogP contribution in [-0.4, -0.2) is 5.78 Å². The third-order valence-electron chi connectivity index (χ3n) is 1.83. The van der Waals surface area contributed by atoms with Crippen LogP contribution >= 0.6 is 22.6 Å². The van der Waals surface area contributed by atoms with Crippen molar-refractivity contribution < 1.29 is 9.18 Å². The van der Waals surface area contributed by atoms with Crippen LogP contribution in [0.5, 0.6) is 0 Å². The molecule has 0 aliphatic heterocycles. The molecule has 0 bridgehead atoms. The zero-order chi connectivity index (χ0) is 10.7. The summed E-state index contributed by atoms with van der Waals surface area (Å²) in [5.41, 5.74) is 0.626. The molecular weight excluding hydrogens is 294 g/mol. The van der Waals surface area contributed by atoms with Crippen molar-refractivity contribution in [3.05, 3.63) is 33.1 Å². The second-order valence-corrected chi connectivity index (χ2v) is 4.81. The number of benzene rings is 1. The molecule has 0 unspecified atom stereocenters. The van der Waals surface area contributed by atoms with Gasteiger partial charge in [0.1, 0.15) is 5.82 Å². The molecule has 1 nitrogen and oxygen atoms in total. The predicted molar refractivity (Wildman–Crippen MR) is 62.9 cm³/mol. The van der Waals surface area contributed by atoms with E-state index in [2.05, 4.69) is 0 Å². The molecule has 0 atom stereocenters. The lowest BCUT2D eigenvalue weighted by atomic mass is 10.0. The molecule has 0 aliphatic carbocycles. The van der Waals surface area contributed by atoms with E-state index < -0.39 is 0 Å². The van der Waals surface area contributed by atoms with Gasteiger partial charge in [-0.2, -0.15) is 0 Å². The fraction of sp³-hybridized carbons (Fsp3) is 0.364. The summed E-state index contributed by atoms with van der Waals surface area (Å²) in [5, 5.41) is 0. The van der Waals surface area contributed by atoms with Crippen molar-refractivity contribution in [1.82, 2.24) is 0 Å². The normalized spacial score (nSPS) is 10.6. The van der Waals surface area contributed by atoms with Crippen LogP contribution in [0.1, 0.15) is 30.6 Å². The lowest BCUT2D eigenvalue weighted by molar-refractivity contribution is 0.0967. The monoisotopic (exact) mass is 306 g/mol. The van der Waals surface area contributed by atoms with Crippen LogP contribution in [0.15, 0.2) is 18.2 Å². The van der Waals surface area contributed by atoms with Crippen LogP contribution in [0.2, 0.25) is 0 Å². The van der Waals surface area contributed by atoms with E-state index >= 15 is 0 Å². The minimum atomic E-state index is -0.296. The maximum atomic E-state index is 12.8. The molecule has 76 valence electrons. The number of hydrogen-bond donors (Lipinski definition) is 0. The lowest BCUT2D eigenvalue weighted by Gasteiger charge is -2.05. The molecule has 1 aromatic carbocycles. The van der Waals surface area contributed by atoms with E-state index in [4.69, 9.17) is 0 Å². The molecule has 0 N–H and O–H groups in total. The number of hydrogen-bond acceptors (Lipinski definition) is 1. The second kappa shape index (κ2) is 4.87. The van der Waals surface area contributed by atoms with E-state index in [0.29, 0.717) is 21.5 Å². The van der Waals surface area contributed by atoms with E-state index in [1.165, 1.54) is 12.1 Å². The highest BCUT2D eigenvalue weighted by Gasteiger charge is 2.11. The van der Waals surface area contributed by atoms with Crippen molar-refractivity contribution in [3.63, 3.8) is 0 Å². The van der Waals surface area contributed by atoms with E-state index in [-0.39, 0.29) is 11.6 Å². The highest BCUT2D eigenvalue weighted by molar-refractivity contribution is 14.1. The van der Waals surface area contributed by atoms with Gasteiger partial charge in [0.2, 0.25) is 0 Å². The van der Waals surface area contributed by atoms with Crippen LogP contribution < -0.4 is 0 Å². The molecule has 0 fully saturated rings. The average molecular weight is 306 g/mol. The smallest absolute Gasteiger partial charge is 0.164 e. The van der Waals surface area contributed by atoms with Gasteiger partial charge >= 0.3 is 0 Å². The molecule has 0 radical (unpaired) electrons. The minimum absolute atomic E-state index is 0.0874. The topological polar surface area (TPSA) is 17.1 Å². The molecule has 0 saturated carbocycles. The van der Waals surface area contributed by atoms with Crippen LogP contribution in [0, 0.1) is 15.3 Å². The number of carbonyl (C=O) groups is 1. The Bertz CT molecular complexity index is 347. The number of ketones is 1. The quantitative estimate of drug-likeness (QED) is 0.615. The third kappa shape index (κ3) is 3.04. The Balaban J connectivity index is 2.90. The summed E-state index contributed by atoms with van der Waals surface area (Å²) in [6.45, 7) is 3.99. The van der Waals surface area contributed by atoms with E-state index in [9.17, 15) is 9.18 Å². The molecule has 3 heteroatoms. The first kappa shape index (κ1) is 11.6. The molecule has 0 saturated heterocycles. The number of Topliss-reactive ketones (excluding diaryl/α,β-unsaturated/α-hetero) is 1. The van der Waals surface area contributed by atoms with Crippen LogP contribution in [-0.2, 0) is 0 Å². The molecule has 1 aromatic rings. The van der Waals surface area contributed by atoms with Gasteiger partial charge in [-0.3, -0.25) is 4.79 Å². The van der Waals surface area contributed by atoms with Crippen LogP contribution in [0.25, 0.3) is 0 Å². The number of halogens is 2. The minimum Gasteiger partial charge on any atom is -0.294 e. The predicted octanol–water partition coefficient (Wildman–Crippen LogP) is 3.66. The zero-order valence-corrected chi connectivity index (χ0v) is 10.3. The molecule has 0 amide bonds. The van der Waals surface area contributed by atoms with Gasteiger partial charge in [0.15, 0.2) is 5.78 Å². The Morgan fingerprint density at radius 2 is 2.14 bits per heavy atom. The number of rotatable bonds is 3. The van der Waals surface area contributed by atoms with Crippen molar-refractivity contribution in [3.8, 4) is 0 Å². The first-order chi connectivity index (χ1) is 6.50. The Morgan fingerprint density at radius 3 is 2.64 bits per heavy atom. The van der Waals surface area contributed by atoms with Gasteiger partial charge in [0.25, 0.3) is 0 Å². The summed E-state index contributed by atoms with van der Waals surface area (Å²) < 4.78 is 13.4. The third-order valence-corrected chi connectivity index (χ3v) is 2.72. The largest absolute Gasteiger partial charge is 0.294 e. The first-order valence-electron chi connectivity index (χ1n) is 4.49. The highest BCUT2D eigenvalue weighted by Crippen LogP contribution is 2.17. The fourth-order valence-electron chi connectivity index (χ4n) is 1.20. The Morgan fingerprint density at radius 1 is 1.50 bits per heavy atom. The van der Waals surface area contributed by atoms with E-state index in [1.807, 2.05) is 36.4 Å². The van der Waals surface area contributed by atoms with Gasteiger partial charge in [-0.25, -0.2) is 4.39 Å². The molecule has 0 aliphatic rings. The van der Waals surface area contributed by atoms with Crippen molar-refractivity contribution in [2.24, 2.45) is 5.92 Å². The maximum Gasteiger partial charge on any atom is 0.164 e. The summed E-state index contributed by atoms with van der Waals surface area (Å²) >= 11 is 1.99. The summed E-state index contributed by atoms with van der Waals surface area (Å²) in [7, 11) is 0. The lowest BCUT2D eigenvalue weighted by Crippen LogP contribution is -2.05. The second-order valence-electron chi connectivity index (χ2n) is 3.65. The van der Waals surface area contributed by atoms with Crippen molar-refractivity contribution in [1.29, 1.82) is 0 Å². The fourth-order valence-corrected chi connectivity index (χ4v) is 1.97. The van der Waals surface area contributed by atoms with Gasteiger partial charge in [0.05, 0.1) is 0 Å². The molecule has 14 heavy (non-hydrogen) atoms. The van der Waals surface area contributed by atoms with Crippen LogP contribution in [0.3, 0.4) is 0 Å². The Hall–Kier alpha value is -0.450. The summed E-state index contributed by atoms with van der Waals surface area (Å²) in [6, 6.07) is 4.27. The summed E-state index contributed by atoms with van der Waals surface area (Å²) in [6.07, 6.45) is 0.516. The van der Waals surface area contributed by atoms with Gasteiger partial charge < -0.3 is 0 Å². The van der Waals surface area contributed by atoms with E-state index in [0.717, 1.165) is 0 Å². The van der Waals surface area contributed by atoms with Gasteiger partial charge in [-0.05, 0) is 46.7 Å². The van der Waals surface area contributed by atoms with Gasteiger partial charge in [0, 0.05) is 15.6 Å². The SMILES string of the molecule is CC(C)CC(=O)c1ccc(F)cc1I. The first-order valence-corrected chi connectivity index (χ1v) is 5.57. The standard InChI is InChI=1S/C11H12FIO/c1-7(2)5-11(14)9-4-3-8(12)6-10(9)13/h3-4,6-7H,5H2,1-2H3. The Labute approximate surface area is 96.8 Å². The maximum absolute atomic E-state index is 12.8. The molecule has 0 spiro atoms. The summed E-state index contributed by atoms with van der Waals surface area (Å²) in [4.78, 5) is 11.7. The van der Waals surface area contributed by atoms with E-state index in [1.54, 1.807) is 6.07 Å². The zero-order valence-electron chi connectivity index (χ0n) is 8.18. The number of carbonyl (C=O) groups excluding carboxylic acids is 1. The van der Waals surface area contributed by atoms with Crippen LogP contribution in [0.4, 0.5) is 4.39 Å². The van der Waals surface area contributed by atoms with Crippen molar-refractivity contribution >= 4 is 28.4 Å². The average Bonchev–Trinajstić information content (AvgIpc) is 2.01. The molecular formula is C11H12FIO. The van der Waals surface area contributed by atoms with Crippen molar-refractivity contribution in [2.75, 3.05) is 0 Å². The van der Waals surface area contributed by atoms with Gasteiger partial charge in [-0.15, -0.1) is 0 Å². The van der Waals surface area contributed by atoms with Crippen molar-refractivity contribution in [2.45, 2.75) is 20.3 Å². The highest BCUT2D eigenvalue weighted by atomic mass is 127. The summed E-state index contributed by atoms with van der Waals surface area (Å²) in [5.74, 6) is 0.128. The molecule has 0 heterocycles. The molecule has 0 aromatic heterocycles. The van der Waals surface area contributed by atoms with Gasteiger partial charge in [-0.1, -0.05) is 13.8 Å². The molecule has 1 rings (SSSR count).